The predicted octanol–water partition coefficient (Wildman–Crippen LogP) is 2.22. The molecule has 1 heterocycles. The molecule has 0 N–H and O–H groups in total. The summed E-state index contributed by atoms with van der Waals surface area (Å²) >= 11 is 0. The molecule has 1 fully saturated rings. The number of hydrogen-bond donors (Lipinski definition) is 0. The zero-order valence-corrected chi connectivity index (χ0v) is 14.6. The number of imide groups is 1. The highest BCUT2D eigenvalue weighted by Crippen LogP contribution is 2.17. The second-order valence-corrected chi connectivity index (χ2v) is 6.44. The van der Waals surface area contributed by atoms with Gasteiger partial charge in [0.2, 0.25) is 0 Å². The van der Waals surface area contributed by atoms with E-state index in [1.54, 1.807) is 20.8 Å². The Kier molecular flexibility index (Phi) is 6.75. The van der Waals surface area contributed by atoms with E-state index in [4.69, 9.17) is 15.1 Å². The van der Waals surface area contributed by atoms with Crippen LogP contribution in [0.15, 0.2) is 5.22 Å². The van der Waals surface area contributed by atoms with Crippen molar-refractivity contribution < 1.29 is 28.8 Å². The van der Waals surface area contributed by atoms with Gasteiger partial charge in [0.05, 0.1) is 0 Å². The Morgan fingerprint density at radius 3 is 2.36 bits per heavy atom. The molecular formula is C14H21N5O6. The van der Waals surface area contributed by atoms with Crippen LogP contribution in [0.2, 0.25) is 0 Å². The molecule has 1 aliphatic heterocycles. The zero-order valence-electron chi connectivity index (χ0n) is 14.6. The van der Waals surface area contributed by atoms with Gasteiger partial charge in [-0.25, -0.2) is 0 Å². The van der Waals surface area contributed by atoms with Crippen LogP contribution < -0.4 is 0 Å². The van der Waals surface area contributed by atoms with Crippen LogP contribution in [0.3, 0.4) is 0 Å². The van der Waals surface area contributed by atoms with Gasteiger partial charge in [-0.05, 0) is 39.3 Å². The van der Waals surface area contributed by atoms with Crippen molar-refractivity contribution in [2.75, 3.05) is 0 Å². The summed E-state index contributed by atoms with van der Waals surface area (Å²) < 4.78 is 5.15. The number of hydrogen-bond acceptors (Lipinski definition) is 7. The van der Waals surface area contributed by atoms with Crippen molar-refractivity contribution in [2.45, 2.75) is 65.0 Å². The summed E-state index contributed by atoms with van der Waals surface area (Å²) in [5.41, 5.74) is 7.96. The molecule has 11 nitrogen and oxygen atoms in total. The third-order valence-electron chi connectivity index (χ3n) is 3.10. The molecule has 0 saturated carbocycles. The lowest BCUT2D eigenvalue weighted by Crippen LogP contribution is -2.41. The van der Waals surface area contributed by atoms with Gasteiger partial charge >= 0.3 is 12.1 Å². The van der Waals surface area contributed by atoms with Gasteiger partial charge in [0.1, 0.15) is 11.6 Å². The normalized spacial score (nSPS) is 15.4. The largest absolute Gasteiger partial charge is 0.535 e. The van der Waals surface area contributed by atoms with Crippen molar-refractivity contribution in [3.63, 3.8) is 0 Å². The lowest BCUT2D eigenvalue weighted by molar-refractivity contribution is -0.174. The highest BCUT2D eigenvalue weighted by Gasteiger charge is 2.37. The zero-order chi connectivity index (χ0) is 19.2. The Balaban J connectivity index is 2.66. The second kappa shape index (κ2) is 8.34. The van der Waals surface area contributed by atoms with Gasteiger partial charge in [-0.1, -0.05) is 5.06 Å². The standard InChI is InChI=1S/C14H21N5O6/c1-9(5-8-12(22)24-14(2,3)4)18(17-16-15)13(23)25-19-10(20)6-7-11(19)21/h9H,5-8H2,1-4H3/t9-/m0/s1. The number of esters is 1. The van der Waals surface area contributed by atoms with Crippen molar-refractivity contribution >= 4 is 23.9 Å². The number of rotatable bonds is 6. The van der Waals surface area contributed by atoms with Crippen LogP contribution in [0.1, 0.15) is 53.4 Å². The number of carbonyl (C=O) groups excluding carboxylic acids is 4. The predicted molar refractivity (Wildman–Crippen MR) is 83.1 cm³/mol. The quantitative estimate of drug-likeness (QED) is 0.178. The molecule has 0 aromatic rings. The summed E-state index contributed by atoms with van der Waals surface area (Å²) in [6.07, 6.45) is -1.18. The maximum absolute atomic E-state index is 12.1. The number of amides is 3. The Morgan fingerprint density at radius 1 is 1.32 bits per heavy atom. The number of azide groups is 1. The average Bonchev–Trinajstić information content (AvgIpc) is 2.80. The number of hydroxylamine groups is 2. The fourth-order valence-electron chi connectivity index (χ4n) is 1.97. The van der Waals surface area contributed by atoms with Gasteiger partial charge in [-0.3, -0.25) is 19.2 Å². The SMILES string of the molecule is C[C@@H](CCC(=O)OC(C)(C)C)N(N=[N+]=[N-])C(=O)ON1C(=O)CCC1=O. The number of ether oxygens (including phenoxy) is 1. The molecule has 0 aliphatic carbocycles. The second-order valence-electron chi connectivity index (χ2n) is 6.44. The Bertz CT molecular complexity index is 591. The maximum Gasteiger partial charge on any atom is 0.535 e. The van der Waals surface area contributed by atoms with Crippen LogP contribution in [0.25, 0.3) is 10.4 Å². The molecular weight excluding hydrogens is 334 g/mol. The van der Waals surface area contributed by atoms with E-state index in [-0.39, 0.29) is 25.7 Å². The molecule has 138 valence electrons. The summed E-state index contributed by atoms with van der Waals surface area (Å²) in [5, 5.41) is 4.18. The third kappa shape index (κ3) is 6.30. The smallest absolute Gasteiger partial charge is 0.460 e. The summed E-state index contributed by atoms with van der Waals surface area (Å²) in [4.78, 5) is 53.9. The first-order valence-electron chi connectivity index (χ1n) is 7.69. The first-order valence-corrected chi connectivity index (χ1v) is 7.69. The fraction of sp³-hybridized carbons (Fsp3) is 0.714. The Labute approximate surface area is 144 Å². The molecule has 1 aliphatic rings. The van der Waals surface area contributed by atoms with E-state index >= 15 is 0 Å². The minimum atomic E-state index is -1.18. The van der Waals surface area contributed by atoms with Crippen LogP contribution in [-0.4, -0.2) is 45.6 Å². The third-order valence-corrected chi connectivity index (χ3v) is 3.10. The van der Waals surface area contributed by atoms with Gasteiger partial charge < -0.3 is 4.74 Å². The van der Waals surface area contributed by atoms with E-state index in [1.165, 1.54) is 6.92 Å². The number of nitrogens with zero attached hydrogens (tertiary/aromatic N) is 5. The molecule has 0 spiro atoms. The first-order chi connectivity index (χ1) is 11.5. The van der Waals surface area contributed by atoms with Crippen LogP contribution >= 0.6 is 0 Å². The van der Waals surface area contributed by atoms with Crippen LogP contribution in [0, 0.1) is 0 Å². The van der Waals surface area contributed by atoms with E-state index in [0.717, 1.165) is 0 Å². The van der Waals surface area contributed by atoms with E-state index in [2.05, 4.69) is 10.1 Å². The molecule has 1 rings (SSSR count). The summed E-state index contributed by atoms with van der Waals surface area (Å²) in [6.45, 7) is 6.69. The summed E-state index contributed by atoms with van der Waals surface area (Å²) in [6, 6.07) is -0.719. The maximum atomic E-state index is 12.1. The number of carbonyl (C=O) groups is 4. The minimum absolute atomic E-state index is 0.0231. The Hall–Kier alpha value is -2.81. The lowest BCUT2D eigenvalue weighted by atomic mass is 10.1. The molecule has 1 atom stereocenters. The fourth-order valence-corrected chi connectivity index (χ4v) is 1.97. The van der Waals surface area contributed by atoms with Gasteiger partial charge in [0, 0.05) is 19.3 Å². The summed E-state index contributed by atoms with van der Waals surface area (Å²) in [5.74, 6) is -1.78. The van der Waals surface area contributed by atoms with E-state index in [9.17, 15) is 19.2 Å². The molecule has 0 aromatic carbocycles. The van der Waals surface area contributed by atoms with Crippen molar-refractivity contribution in [1.29, 1.82) is 0 Å². The first kappa shape index (κ1) is 20.2. The molecule has 0 bridgehead atoms. The molecule has 11 heteroatoms. The molecule has 0 radical (unpaired) electrons. The van der Waals surface area contributed by atoms with Crippen LogP contribution in [0.4, 0.5) is 4.79 Å². The van der Waals surface area contributed by atoms with E-state index < -0.39 is 35.5 Å². The van der Waals surface area contributed by atoms with Gasteiger partial charge in [-0.2, -0.15) is 9.71 Å². The van der Waals surface area contributed by atoms with Crippen LogP contribution in [0.5, 0.6) is 0 Å². The summed E-state index contributed by atoms with van der Waals surface area (Å²) in [7, 11) is 0. The molecule has 3 amide bonds. The molecule has 0 unspecified atom stereocenters. The van der Waals surface area contributed by atoms with E-state index in [0.29, 0.717) is 10.1 Å². The van der Waals surface area contributed by atoms with Crippen LogP contribution in [-0.2, 0) is 24.0 Å². The minimum Gasteiger partial charge on any atom is -0.460 e. The van der Waals surface area contributed by atoms with Crippen molar-refractivity contribution in [3.05, 3.63) is 10.4 Å². The molecule has 1 saturated heterocycles. The van der Waals surface area contributed by atoms with E-state index in [1.807, 2.05) is 0 Å². The monoisotopic (exact) mass is 355 g/mol. The topological polar surface area (TPSA) is 142 Å². The Morgan fingerprint density at radius 2 is 1.88 bits per heavy atom. The van der Waals surface area contributed by atoms with Gasteiger partial charge in [-0.15, -0.1) is 10.5 Å². The average molecular weight is 355 g/mol. The van der Waals surface area contributed by atoms with Crippen molar-refractivity contribution in [2.24, 2.45) is 5.22 Å². The van der Waals surface area contributed by atoms with Crippen molar-refractivity contribution in [3.8, 4) is 0 Å². The van der Waals surface area contributed by atoms with Crippen molar-refractivity contribution in [1.82, 2.24) is 10.1 Å². The lowest BCUT2D eigenvalue weighted by Gasteiger charge is -2.22. The molecule has 0 aromatic heterocycles. The molecule has 25 heavy (non-hydrogen) atoms. The highest BCUT2D eigenvalue weighted by molar-refractivity contribution is 6.01. The van der Waals surface area contributed by atoms with Gasteiger partial charge in [0.25, 0.3) is 11.8 Å². The highest BCUT2D eigenvalue weighted by atomic mass is 16.7. The van der Waals surface area contributed by atoms with Gasteiger partial charge in [0.15, 0.2) is 0 Å².